The van der Waals surface area contributed by atoms with Gasteiger partial charge in [-0.05, 0) is 13.0 Å². The number of hydrogen-bond donors (Lipinski definition) is 1. The van der Waals surface area contributed by atoms with E-state index in [0.29, 0.717) is 0 Å². The van der Waals surface area contributed by atoms with Gasteiger partial charge in [0.25, 0.3) is 5.91 Å². The number of benzene rings is 1. The monoisotopic (exact) mass is 263 g/mol. The molecular weight excluding hydrogens is 250 g/mol. The van der Waals surface area contributed by atoms with Crippen molar-refractivity contribution in [3.05, 3.63) is 33.9 Å². The summed E-state index contributed by atoms with van der Waals surface area (Å²) in [5.74, 6) is -0.939. The summed E-state index contributed by atoms with van der Waals surface area (Å²) in [6, 6.07) is 6.07. The highest BCUT2D eigenvalue weighted by atomic mass is 16.6. The fourth-order valence-corrected chi connectivity index (χ4v) is 1.45. The Balaban J connectivity index is 3.00. The van der Waals surface area contributed by atoms with Crippen LogP contribution in [-0.4, -0.2) is 24.5 Å². The Kier molecular flexibility index (Phi) is 4.83. The summed E-state index contributed by atoms with van der Waals surface area (Å²) in [6.45, 7) is 1.83. The molecule has 0 bridgehead atoms. The maximum atomic E-state index is 11.9. The summed E-state index contributed by atoms with van der Waals surface area (Å²) >= 11 is 0. The van der Waals surface area contributed by atoms with E-state index in [2.05, 4.69) is 5.32 Å². The molecule has 19 heavy (non-hydrogen) atoms. The molecule has 0 aliphatic rings. The van der Waals surface area contributed by atoms with Crippen molar-refractivity contribution in [2.45, 2.75) is 6.92 Å². The van der Waals surface area contributed by atoms with E-state index in [4.69, 9.17) is 10.00 Å². The van der Waals surface area contributed by atoms with Crippen molar-refractivity contribution in [3.63, 3.8) is 0 Å². The second-order valence-electron chi connectivity index (χ2n) is 3.86. The molecule has 1 aromatic rings. The van der Waals surface area contributed by atoms with Crippen molar-refractivity contribution in [2.75, 3.05) is 13.7 Å². The molecule has 1 amide bonds. The van der Waals surface area contributed by atoms with Gasteiger partial charge in [0.15, 0.2) is 0 Å². The highest BCUT2D eigenvalue weighted by molar-refractivity contribution is 5.98. The van der Waals surface area contributed by atoms with Crippen LogP contribution < -0.4 is 10.1 Å². The number of nitrogens with one attached hydrogen (secondary N) is 1. The van der Waals surface area contributed by atoms with E-state index in [0.717, 1.165) is 0 Å². The number of rotatable bonds is 5. The van der Waals surface area contributed by atoms with Crippen LogP contribution in [0.4, 0.5) is 5.69 Å². The van der Waals surface area contributed by atoms with Crippen LogP contribution in [0.2, 0.25) is 0 Å². The van der Waals surface area contributed by atoms with Gasteiger partial charge in [-0.3, -0.25) is 14.9 Å². The lowest BCUT2D eigenvalue weighted by molar-refractivity contribution is -0.385. The first kappa shape index (κ1) is 14.4. The van der Waals surface area contributed by atoms with E-state index in [9.17, 15) is 14.9 Å². The molecule has 0 fully saturated rings. The van der Waals surface area contributed by atoms with Crippen LogP contribution >= 0.6 is 0 Å². The first-order chi connectivity index (χ1) is 9.01. The van der Waals surface area contributed by atoms with Crippen molar-refractivity contribution in [1.82, 2.24) is 5.32 Å². The number of nitrogens with zero attached hydrogens (tertiary/aromatic N) is 2. The zero-order chi connectivity index (χ0) is 14.4. The van der Waals surface area contributed by atoms with E-state index >= 15 is 0 Å². The van der Waals surface area contributed by atoms with Crippen molar-refractivity contribution in [1.29, 1.82) is 5.26 Å². The van der Waals surface area contributed by atoms with Gasteiger partial charge in [-0.15, -0.1) is 0 Å². The van der Waals surface area contributed by atoms with Gasteiger partial charge in [-0.25, -0.2) is 0 Å². The molecule has 1 N–H and O–H groups in total. The third kappa shape index (κ3) is 3.42. The van der Waals surface area contributed by atoms with Crippen molar-refractivity contribution < 1.29 is 14.5 Å². The summed E-state index contributed by atoms with van der Waals surface area (Å²) in [4.78, 5) is 22.1. The highest BCUT2D eigenvalue weighted by Gasteiger charge is 2.22. The van der Waals surface area contributed by atoms with Gasteiger partial charge in [0.05, 0.1) is 29.6 Å². The molecule has 0 heterocycles. The van der Waals surface area contributed by atoms with Crippen LogP contribution in [0.3, 0.4) is 0 Å². The van der Waals surface area contributed by atoms with Gasteiger partial charge >= 0.3 is 5.69 Å². The lowest BCUT2D eigenvalue weighted by Crippen LogP contribution is -2.28. The standard InChI is InChI=1S/C12H13N3O4/c1-8(6-13)7-14-12(16)9-4-3-5-10(15(17)18)11(9)19-2/h3-5,8H,7H2,1-2H3,(H,14,16). The Morgan fingerprint density at radius 3 is 2.84 bits per heavy atom. The predicted molar refractivity (Wildman–Crippen MR) is 66.8 cm³/mol. The van der Waals surface area contributed by atoms with Crippen LogP contribution in [-0.2, 0) is 0 Å². The number of carbonyl (C=O) groups is 1. The van der Waals surface area contributed by atoms with Gasteiger partial charge in [0.1, 0.15) is 0 Å². The Morgan fingerprint density at radius 2 is 2.32 bits per heavy atom. The quantitative estimate of drug-likeness (QED) is 0.640. The molecule has 1 unspecified atom stereocenters. The van der Waals surface area contributed by atoms with Gasteiger partial charge < -0.3 is 10.1 Å². The average molecular weight is 263 g/mol. The number of hydrogen-bond acceptors (Lipinski definition) is 5. The molecule has 1 atom stereocenters. The normalized spacial score (nSPS) is 11.2. The van der Waals surface area contributed by atoms with Crippen molar-refractivity contribution in [3.8, 4) is 11.8 Å². The molecule has 0 radical (unpaired) electrons. The average Bonchev–Trinajstić information content (AvgIpc) is 2.43. The maximum absolute atomic E-state index is 11.9. The lowest BCUT2D eigenvalue weighted by atomic mass is 10.1. The summed E-state index contributed by atoms with van der Waals surface area (Å²) in [5.41, 5.74) is -0.203. The van der Waals surface area contributed by atoms with Crippen LogP contribution in [0, 0.1) is 27.4 Å². The molecule has 7 nitrogen and oxygen atoms in total. The number of amides is 1. The minimum atomic E-state index is -0.618. The molecule has 0 spiro atoms. The molecule has 0 aliphatic carbocycles. The molecule has 0 saturated heterocycles. The van der Waals surface area contributed by atoms with Crippen LogP contribution in [0.15, 0.2) is 18.2 Å². The number of para-hydroxylation sites is 1. The van der Waals surface area contributed by atoms with Crippen LogP contribution in [0.25, 0.3) is 0 Å². The second-order valence-corrected chi connectivity index (χ2v) is 3.86. The molecule has 100 valence electrons. The summed E-state index contributed by atoms with van der Waals surface area (Å²) < 4.78 is 4.92. The number of methoxy groups -OCH3 is 1. The fraction of sp³-hybridized carbons (Fsp3) is 0.333. The summed E-state index contributed by atoms with van der Waals surface area (Å²) in [7, 11) is 1.26. The Labute approximate surface area is 109 Å². The Hall–Kier alpha value is -2.62. The van der Waals surface area contributed by atoms with Gasteiger partial charge in [-0.2, -0.15) is 5.26 Å². The molecule has 0 aliphatic heterocycles. The zero-order valence-electron chi connectivity index (χ0n) is 10.5. The van der Waals surface area contributed by atoms with Crippen LogP contribution in [0.5, 0.6) is 5.75 Å². The number of nitro benzene ring substituents is 1. The maximum Gasteiger partial charge on any atom is 0.311 e. The number of ether oxygens (including phenoxy) is 1. The minimum Gasteiger partial charge on any atom is -0.490 e. The van der Waals surface area contributed by atoms with E-state index < -0.39 is 10.8 Å². The minimum absolute atomic E-state index is 0.0711. The SMILES string of the molecule is COc1c(C(=O)NCC(C)C#N)cccc1[N+](=O)[O-]. The molecule has 1 rings (SSSR count). The summed E-state index contributed by atoms with van der Waals surface area (Å²) in [5, 5.41) is 22.0. The smallest absolute Gasteiger partial charge is 0.311 e. The van der Waals surface area contributed by atoms with E-state index in [1.807, 2.05) is 6.07 Å². The molecule has 0 aromatic heterocycles. The topological polar surface area (TPSA) is 105 Å². The largest absolute Gasteiger partial charge is 0.490 e. The number of carbonyl (C=O) groups excluding carboxylic acids is 1. The van der Waals surface area contributed by atoms with E-state index in [-0.39, 0.29) is 29.5 Å². The third-order valence-corrected chi connectivity index (χ3v) is 2.43. The Bertz CT molecular complexity index is 536. The van der Waals surface area contributed by atoms with Gasteiger partial charge in [-0.1, -0.05) is 6.07 Å². The number of nitriles is 1. The first-order valence-electron chi connectivity index (χ1n) is 5.50. The second kappa shape index (κ2) is 6.35. The lowest BCUT2D eigenvalue weighted by Gasteiger charge is -2.10. The van der Waals surface area contributed by atoms with Gasteiger partial charge in [0.2, 0.25) is 5.75 Å². The molecule has 7 heteroatoms. The molecular formula is C12H13N3O4. The first-order valence-corrected chi connectivity index (χ1v) is 5.50. The third-order valence-electron chi connectivity index (χ3n) is 2.43. The van der Waals surface area contributed by atoms with Crippen molar-refractivity contribution in [2.24, 2.45) is 5.92 Å². The van der Waals surface area contributed by atoms with Crippen molar-refractivity contribution >= 4 is 11.6 Å². The summed E-state index contributed by atoms with van der Waals surface area (Å²) in [6.07, 6.45) is 0. The fourth-order valence-electron chi connectivity index (χ4n) is 1.45. The number of nitro groups is 1. The molecule has 1 aromatic carbocycles. The van der Waals surface area contributed by atoms with Gasteiger partial charge in [0, 0.05) is 12.6 Å². The highest BCUT2D eigenvalue weighted by Crippen LogP contribution is 2.30. The zero-order valence-corrected chi connectivity index (χ0v) is 10.5. The predicted octanol–water partition coefficient (Wildman–Crippen LogP) is 1.49. The van der Waals surface area contributed by atoms with E-state index in [1.54, 1.807) is 6.92 Å². The van der Waals surface area contributed by atoms with E-state index in [1.165, 1.54) is 25.3 Å². The Morgan fingerprint density at radius 1 is 1.63 bits per heavy atom. The molecule has 0 saturated carbocycles. The van der Waals surface area contributed by atoms with Crippen LogP contribution in [0.1, 0.15) is 17.3 Å².